The van der Waals surface area contributed by atoms with Crippen LogP contribution in [0.2, 0.25) is 0 Å². The predicted molar refractivity (Wildman–Crippen MR) is 86.0 cm³/mol. The highest BCUT2D eigenvalue weighted by molar-refractivity contribution is 5.05. The van der Waals surface area contributed by atoms with E-state index in [-0.39, 0.29) is 0 Å². The van der Waals surface area contributed by atoms with E-state index in [2.05, 4.69) is 33.0 Å². The van der Waals surface area contributed by atoms with E-state index in [1.807, 2.05) is 0 Å². The molecule has 0 radical (unpaired) electrons. The van der Waals surface area contributed by atoms with Gasteiger partial charge in [0.2, 0.25) is 0 Å². The van der Waals surface area contributed by atoms with Gasteiger partial charge >= 0.3 is 0 Å². The second-order valence-electron chi connectivity index (χ2n) is 7.30. The normalized spacial score (nSPS) is 37.2. The lowest BCUT2D eigenvalue weighted by molar-refractivity contribution is -0.129. The van der Waals surface area contributed by atoms with Gasteiger partial charge in [0.1, 0.15) is 0 Å². The summed E-state index contributed by atoms with van der Waals surface area (Å²) in [5.74, 6) is 0.893. The van der Waals surface area contributed by atoms with Crippen LogP contribution in [0.1, 0.15) is 79.1 Å². The Balaban J connectivity index is 1.86. The Morgan fingerprint density at radius 1 is 1.15 bits per heavy atom. The molecule has 2 nitrogen and oxygen atoms in total. The summed E-state index contributed by atoms with van der Waals surface area (Å²) in [7, 11) is 0. The van der Waals surface area contributed by atoms with Gasteiger partial charge in [0.05, 0.1) is 6.10 Å². The minimum absolute atomic E-state index is 0.342. The standard InChI is InChI=1S/C18H35NO/c1-5-18(4)16(13-17(18)20-6-2)19-14(3)15-11-9-7-8-10-12-15/h14-17,19H,5-13H2,1-4H3/t14-,16?,17?,18?/m0/s1. The maximum atomic E-state index is 5.92. The average Bonchev–Trinajstić information content (AvgIpc) is 2.74. The Hall–Kier alpha value is -0.0800. The molecule has 0 spiro atoms. The first-order valence-electron chi connectivity index (χ1n) is 8.99. The number of rotatable bonds is 6. The molecule has 3 unspecified atom stereocenters. The highest BCUT2D eigenvalue weighted by atomic mass is 16.5. The Labute approximate surface area is 126 Å². The van der Waals surface area contributed by atoms with Gasteiger partial charge in [0.15, 0.2) is 0 Å². The molecule has 0 aromatic carbocycles. The largest absolute Gasteiger partial charge is 0.378 e. The first-order valence-corrected chi connectivity index (χ1v) is 8.99. The molecule has 2 rings (SSSR count). The molecule has 0 aliphatic heterocycles. The summed E-state index contributed by atoms with van der Waals surface area (Å²) in [5.41, 5.74) is 0.342. The van der Waals surface area contributed by atoms with Crippen LogP contribution >= 0.6 is 0 Å². The summed E-state index contributed by atoms with van der Waals surface area (Å²) in [6.07, 6.45) is 11.5. The molecule has 20 heavy (non-hydrogen) atoms. The molecule has 2 heteroatoms. The molecule has 0 amide bonds. The molecular weight excluding hydrogens is 246 g/mol. The number of hydrogen-bond acceptors (Lipinski definition) is 2. The molecule has 0 aromatic heterocycles. The van der Waals surface area contributed by atoms with Gasteiger partial charge in [-0.3, -0.25) is 0 Å². The maximum absolute atomic E-state index is 5.92. The maximum Gasteiger partial charge on any atom is 0.0658 e. The van der Waals surface area contributed by atoms with E-state index in [0.29, 0.717) is 23.6 Å². The summed E-state index contributed by atoms with van der Waals surface area (Å²) in [6, 6.07) is 1.33. The molecule has 2 saturated carbocycles. The second kappa shape index (κ2) is 7.26. The van der Waals surface area contributed by atoms with Crippen molar-refractivity contribution in [2.45, 2.75) is 97.2 Å². The van der Waals surface area contributed by atoms with Crippen LogP contribution in [0.5, 0.6) is 0 Å². The van der Waals surface area contributed by atoms with Crippen molar-refractivity contribution >= 4 is 0 Å². The third-order valence-corrected chi connectivity index (χ3v) is 6.18. The van der Waals surface area contributed by atoms with Gasteiger partial charge in [-0.2, -0.15) is 0 Å². The second-order valence-corrected chi connectivity index (χ2v) is 7.30. The lowest BCUT2D eigenvalue weighted by Gasteiger charge is -2.55. The molecule has 0 bridgehead atoms. The highest BCUT2D eigenvalue weighted by Gasteiger charge is 2.51. The van der Waals surface area contributed by atoms with Crippen LogP contribution in [0, 0.1) is 11.3 Å². The molecular formula is C18H35NO. The molecule has 0 heterocycles. The van der Waals surface area contributed by atoms with Crippen molar-refractivity contribution < 1.29 is 4.74 Å². The van der Waals surface area contributed by atoms with Crippen molar-refractivity contribution in [1.82, 2.24) is 5.32 Å². The zero-order valence-corrected chi connectivity index (χ0v) is 14.1. The highest BCUT2D eigenvalue weighted by Crippen LogP contribution is 2.46. The van der Waals surface area contributed by atoms with E-state index in [9.17, 15) is 0 Å². The molecule has 2 aliphatic rings. The van der Waals surface area contributed by atoms with Gasteiger partial charge in [0, 0.05) is 24.1 Å². The van der Waals surface area contributed by atoms with Crippen LogP contribution in [0.3, 0.4) is 0 Å². The molecule has 2 aliphatic carbocycles. The van der Waals surface area contributed by atoms with Gasteiger partial charge in [-0.15, -0.1) is 0 Å². The zero-order chi connectivity index (χ0) is 14.6. The van der Waals surface area contributed by atoms with Gasteiger partial charge in [-0.05, 0) is 45.4 Å². The molecule has 118 valence electrons. The van der Waals surface area contributed by atoms with Crippen molar-refractivity contribution in [3.05, 3.63) is 0 Å². The lowest BCUT2D eigenvalue weighted by Crippen LogP contribution is -2.64. The zero-order valence-electron chi connectivity index (χ0n) is 14.1. The van der Waals surface area contributed by atoms with Crippen LogP contribution in [0.4, 0.5) is 0 Å². The summed E-state index contributed by atoms with van der Waals surface area (Å²) < 4.78 is 5.92. The number of ether oxygens (including phenoxy) is 1. The lowest BCUT2D eigenvalue weighted by atomic mass is 9.61. The molecule has 0 aromatic rings. The Morgan fingerprint density at radius 3 is 2.35 bits per heavy atom. The van der Waals surface area contributed by atoms with E-state index < -0.39 is 0 Å². The third kappa shape index (κ3) is 3.39. The first-order chi connectivity index (χ1) is 9.61. The van der Waals surface area contributed by atoms with Crippen LogP contribution in [0.25, 0.3) is 0 Å². The Morgan fingerprint density at radius 2 is 1.80 bits per heavy atom. The number of hydrogen-bond donors (Lipinski definition) is 1. The predicted octanol–water partition coefficient (Wildman–Crippen LogP) is 4.53. The molecule has 1 N–H and O–H groups in total. The minimum atomic E-state index is 0.342. The van der Waals surface area contributed by atoms with Crippen molar-refractivity contribution in [1.29, 1.82) is 0 Å². The van der Waals surface area contributed by atoms with E-state index in [0.717, 1.165) is 12.5 Å². The summed E-state index contributed by atoms with van der Waals surface area (Å²) >= 11 is 0. The van der Waals surface area contributed by atoms with Crippen molar-refractivity contribution in [3.63, 3.8) is 0 Å². The van der Waals surface area contributed by atoms with E-state index in [1.165, 1.54) is 51.4 Å². The number of nitrogens with one attached hydrogen (secondary N) is 1. The Kier molecular flexibility index (Phi) is 5.92. The van der Waals surface area contributed by atoms with Crippen LogP contribution < -0.4 is 5.32 Å². The van der Waals surface area contributed by atoms with Gasteiger partial charge in [-0.25, -0.2) is 0 Å². The van der Waals surface area contributed by atoms with Crippen molar-refractivity contribution in [3.8, 4) is 0 Å². The SMILES string of the molecule is CCOC1CC(N[C@@H](C)C2CCCCCC2)C1(C)CC. The van der Waals surface area contributed by atoms with Crippen LogP contribution in [0.15, 0.2) is 0 Å². The summed E-state index contributed by atoms with van der Waals surface area (Å²) in [5, 5.41) is 3.96. The van der Waals surface area contributed by atoms with Crippen LogP contribution in [-0.2, 0) is 4.74 Å². The molecule has 4 atom stereocenters. The average molecular weight is 281 g/mol. The summed E-state index contributed by atoms with van der Waals surface area (Å²) in [4.78, 5) is 0. The van der Waals surface area contributed by atoms with Crippen LogP contribution in [-0.4, -0.2) is 24.8 Å². The fourth-order valence-electron chi connectivity index (χ4n) is 4.27. The molecule has 0 saturated heterocycles. The Bertz CT molecular complexity index is 285. The summed E-state index contributed by atoms with van der Waals surface area (Å²) in [6.45, 7) is 10.1. The molecule has 2 fully saturated rings. The van der Waals surface area contributed by atoms with E-state index >= 15 is 0 Å². The fourth-order valence-corrected chi connectivity index (χ4v) is 4.27. The third-order valence-electron chi connectivity index (χ3n) is 6.18. The monoisotopic (exact) mass is 281 g/mol. The van der Waals surface area contributed by atoms with E-state index in [1.54, 1.807) is 0 Å². The topological polar surface area (TPSA) is 21.3 Å². The smallest absolute Gasteiger partial charge is 0.0658 e. The first kappa shape index (κ1) is 16.3. The fraction of sp³-hybridized carbons (Fsp3) is 1.00. The van der Waals surface area contributed by atoms with Crippen molar-refractivity contribution in [2.24, 2.45) is 11.3 Å². The minimum Gasteiger partial charge on any atom is -0.378 e. The van der Waals surface area contributed by atoms with E-state index in [4.69, 9.17) is 4.74 Å². The quantitative estimate of drug-likeness (QED) is 0.722. The van der Waals surface area contributed by atoms with Crippen molar-refractivity contribution in [2.75, 3.05) is 6.61 Å². The van der Waals surface area contributed by atoms with Gasteiger partial charge in [-0.1, -0.05) is 39.5 Å². The van der Waals surface area contributed by atoms with Gasteiger partial charge in [0.25, 0.3) is 0 Å². The van der Waals surface area contributed by atoms with Gasteiger partial charge < -0.3 is 10.1 Å².